The average molecular weight is 147 g/mol. The quantitative estimate of drug-likeness (QED) is 0.469. The first-order chi connectivity index (χ1) is 5.33. The summed E-state index contributed by atoms with van der Waals surface area (Å²) < 4.78 is 0. The van der Waals surface area contributed by atoms with Crippen LogP contribution in [0.15, 0.2) is 24.5 Å². The first-order valence-electron chi connectivity index (χ1n) is 3.36. The van der Waals surface area contributed by atoms with Crippen LogP contribution in [-0.4, -0.2) is 11.3 Å². The highest BCUT2D eigenvalue weighted by molar-refractivity contribution is 5.73. The zero-order valence-corrected chi connectivity index (χ0v) is 6.32. The summed E-state index contributed by atoms with van der Waals surface area (Å²) in [5.41, 5.74) is 2.05. The largest absolute Gasteiger partial charge is 0.299 e. The molecule has 1 aromatic rings. The van der Waals surface area contributed by atoms with Gasteiger partial charge in [0.2, 0.25) is 0 Å². The maximum atomic E-state index is 9.96. The summed E-state index contributed by atoms with van der Waals surface area (Å²) >= 11 is 0. The fraction of sp³-hybridized carbons (Fsp3) is 0.111. The maximum Gasteiger partial charge on any atom is 0.142 e. The molecular weight excluding hydrogens is 138 g/mol. The van der Waals surface area contributed by atoms with Crippen molar-refractivity contribution in [3.8, 4) is 0 Å². The van der Waals surface area contributed by atoms with Crippen molar-refractivity contribution < 1.29 is 4.79 Å². The van der Waals surface area contributed by atoms with Crippen molar-refractivity contribution in [3.05, 3.63) is 35.7 Å². The minimum Gasteiger partial charge on any atom is -0.299 e. The molecule has 1 rings (SSSR count). The van der Waals surface area contributed by atoms with Crippen LogP contribution in [0.2, 0.25) is 0 Å². The van der Waals surface area contributed by atoms with Crippen LogP contribution in [0.3, 0.4) is 0 Å². The van der Waals surface area contributed by atoms with Crippen LogP contribution in [0, 0.1) is 6.92 Å². The van der Waals surface area contributed by atoms with Crippen LogP contribution in [0.25, 0.3) is 6.08 Å². The minimum atomic E-state index is 0.752. The molecule has 0 N–H and O–H groups in total. The highest BCUT2D eigenvalue weighted by atomic mass is 16.1. The van der Waals surface area contributed by atoms with Crippen LogP contribution in [-0.2, 0) is 4.79 Å². The molecule has 56 valence electrons. The Hall–Kier alpha value is -1.44. The molecule has 0 fully saturated rings. The average Bonchev–Trinajstić information content (AvgIpc) is 2.01. The second kappa shape index (κ2) is 3.66. The molecule has 11 heavy (non-hydrogen) atoms. The van der Waals surface area contributed by atoms with Crippen molar-refractivity contribution in [2.75, 3.05) is 0 Å². The van der Waals surface area contributed by atoms with Gasteiger partial charge in [-0.25, -0.2) is 0 Å². The molecular formula is C9H9NO. The Morgan fingerprint density at radius 3 is 2.91 bits per heavy atom. The van der Waals surface area contributed by atoms with Gasteiger partial charge in [0.05, 0.1) is 0 Å². The summed E-state index contributed by atoms with van der Waals surface area (Å²) in [4.78, 5) is 13.9. The molecule has 0 aliphatic rings. The van der Waals surface area contributed by atoms with E-state index in [9.17, 15) is 4.79 Å². The standard InChI is InChI=1S/C9H9NO/c1-8-5-9(3-2-4-11)7-10-6-8/h2-7H,1H3. The molecule has 0 bridgehead atoms. The maximum absolute atomic E-state index is 9.96. The van der Waals surface area contributed by atoms with Crippen LogP contribution < -0.4 is 0 Å². The van der Waals surface area contributed by atoms with Crippen molar-refractivity contribution in [2.45, 2.75) is 6.92 Å². The van der Waals surface area contributed by atoms with Crippen LogP contribution in [0.1, 0.15) is 11.1 Å². The van der Waals surface area contributed by atoms with Gasteiger partial charge in [0.15, 0.2) is 0 Å². The predicted molar refractivity (Wildman–Crippen MR) is 44.1 cm³/mol. The Kier molecular flexibility index (Phi) is 2.55. The van der Waals surface area contributed by atoms with Gasteiger partial charge in [-0.05, 0) is 30.2 Å². The Morgan fingerprint density at radius 1 is 1.45 bits per heavy atom. The normalized spacial score (nSPS) is 10.3. The lowest BCUT2D eigenvalue weighted by Gasteiger charge is -1.92. The molecule has 0 radical (unpaired) electrons. The predicted octanol–water partition coefficient (Wildman–Crippen LogP) is 1.60. The number of hydrogen-bond donors (Lipinski definition) is 0. The number of rotatable bonds is 2. The number of aldehydes is 1. The Bertz CT molecular complexity index is 279. The molecule has 0 spiro atoms. The lowest BCUT2D eigenvalue weighted by atomic mass is 10.2. The lowest BCUT2D eigenvalue weighted by Crippen LogP contribution is -1.78. The second-order valence-electron chi connectivity index (χ2n) is 2.29. The highest BCUT2D eigenvalue weighted by Gasteiger charge is 1.86. The third kappa shape index (κ3) is 2.34. The number of allylic oxidation sites excluding steroid dienone is 1. The van der Waals surface area contributed by atoms with Crippen LogP contribution in [0.5, 0.6) is 0 Å². The van der Waals surface area contributed by atoms with E-state index in [4.69, 9.17) is 0 Å². The minimum absolute atomic E-state index is 0.752. The van der Waals surface area contributed by atoms with E-state index >= 15 is 0 Å². The van der Waals surface area contributed by atoms with Gasteiger partial charge >= 0.3 is 0 Å². The van der Waals surface area contributed by atoms with Crippen LogP contribution in [0.4, 0.5) is 0 Å². The van der Waals surface area contributed by atoms with E-state index in [1.54, 1.807) is 18.5 Å². The van der Waals surface area contributed by atoms with Gasteiger partial charge in [0.25, 0.3) is 0 Å². The van der Waals surface area contributed by atoms with E-state index in [1.807, 2.05) is 13.0 Å². The van der Waals surface area contributed by atoms with E-state index in [1.165, 1.54) is 6.08 Å². The number of aryl methyl sites for hydroxylation is 1. The fourth-order valence-corrected chi connectivity index (χ4v) is 0.820. The number of nitrogens with zero attached hydrogens (tertiary/aromatic N) is 1. The summed E-state index contributed by atoms with van der Waals surface area (Å²) in [6, 6.07) is 1.97. The third-order valence-corrected chi connectivity index (χ3v) is 1.26. The molecule has 2 nitrogen and oxygen atoms in total. The van der Waals surface area contributed by atoms with E-state index in [-0.39, 0.29) is 0 Å². The Labute approximate surface area is 65.6 Å². The topological polar surface area (TPSA) is 30.0 Å². The number of pyridine rings is 1. The van der Waals surface area contributed by atoms with Gasteiger partial charge in [-0.1, -0.05) is 6.08 Å². The molecule has 0 aliphatic heterocycles. The number of carbonyl (C=O) groups is 1. The molecule has 1 heterocycles. The van der Waals surface area contributed by atoms with Crippen molar-refractivity contribution in [3.63, 3.8) is 0 Å². The molecule has 0 aliphatic carbocycles. The monoisotopic (exact) mass is 147 g/mol. The van der Waals surface area contributed by atoms with E-state index in [0.29, 0.717) is 0 Å². The number of carbonyl (C=O) groups excluding carboxylic acids is 1. The third-order valence-electron chi connectivity index (χ3n) is 1.26. The molecule has 0 amide bonds. The van der Waals surface area contributed by atoms with Gasteiger partial charge in [-0.15, -0.1) is 0 Å². The van der Waals surface area contributed by atoms with Gasteiger partial charge < -0.3 is 0 Å². The van der Waals surface area contributed by atoms with Gasteiger partial charge in [-0.3, -0.25) is 9.78 Å². The summed E-state index contributed by atoms with van der Waals surface area (Å²) in [5.74, 6) is 0. The smallest absolute Gasteiger partial charge is 0.142 e. The molecule has 0 atom stereocenters. The molecule has 0 unspecified atom stereocenters. The van der Waals surface area contributed by atoms with Crippen molar-refractivity contribution in [2.24, 2.45) is 0 Å². The Balaban J connectivity index is 2.87. The van der Waals surface area contributed by atoms with E-state index in [2.05, 4.69) is 4.98 Å². The van der Waals surface area contributed by atoms with E-state index in [0.717, 1.165) is 17.4 Å². The summed E-state index contributed by atoms with van der Waals surface area (Å²) in [6.45, 7) is 1.96. The van der Waals surface area contributed by atoms with Crippen molar-refractivity contribution in [1.82, 2.24) is 4.98 Å². The Morgan fingerprint density at radius 2 is 2.27 bits per heavy atom. The highest BCUT2D eigenvalue weighted by Crippen LogP contribution is 2.02. The van der Waals surface area contributed by atoms with Crippen molar-refractivity contribution in [1.29, 1.82) is 0 Å². The first kappa shape index (κ1) is 7.66. The van der Waals surface area contributed by atoms with E-state index < -0.39 is 0 Å². The summed E-state index contributed by atoms with van der Waals surface area (Å²) in [5, 5.41) is 0. The van der Waals surface area contributed by atoms with Gasteiger partial charge in [0, 0.05) is 12.4 Å². The summed E-state index contributed by atoms with van der Waals surface area (Å²) in [6.07, 6.45) is 7.43. The lowest BCUT2D eigenvalue weighted by molar-refractivity contribution is -0.104. The molecule has 0 saturated carbocycles. The molecule has 0 aromatic carbocycles. The van der Waals surface area contributed by atoms with Gasteiger partial charge in [-0.2, -0.15) is 0 Å². The number of aromatic nitrogens is 1. The van der Waals surface area contributed by atoms with Crippen molar-refractivity contribution >= 4 is 12.4 Å². The van der Waals surface area contributed by atoms with Gasteiger partial charge in [0.1, 0.15) is 6.29 Å². The molecule has 1 aromatic heterocycles. The molecule has 2 heteroatoms. The number of hydrogen-bond acceptors (Lipinski definition) is 2. The zero-order valence-electron chi connectivity index (χ0n) is 6.32. The molecule has 0 saturated heterocycles. The first-order valence-corrected chi connectivity index (χ1v) is 3.36. The fourth-order valence-electron chi connectivity index (χ4n) is 0.820. The second-order valence-corrected chi connectivity index (χ2v) is 2.29. The zero-order chi connectivity index (χ0) is 8.10. The summed E-state index contributed by atoms with van der Waals surface area (Å²) in [7, 11) is 0. The van der Waals surface area contributed by atoms with Crippen LogP contribution >= 0.6 is 0 Å². The SMILES string of the molecule is Cc1cncc(C=CC=O)c1.